The van der Waals surface area contributed by atoms with Gasteiger partial charge in [0.05, 0.1) is 18.1 Å². The lowest BCUT2D eigenvalue weighted by Gasteiger charge is -2.10. The van der Waals surface area contributed by atoms with Crippen LogP contribution in [0.2, 0.25) is 5.02 Å². The summed E-state index contributed by atoms with van der Waals surface area (Å²) in [7, 11) is 1.61. The Morgan fingerprint density at radius 1 is 0.970 bits per heavy atom. The fraction of sp³-hybridized carbons (Fsp3) is 0.259. The molecule has 0 saturated carbocycles. The number of rotatable bonds is 10. The molecule has 33 heavy (non-hydrogen) atoms. The average Bonchev–Trinajstić information content (AvgIpc) is 3.19. The van der Waals surface area contributed by atoms with Crippen molar-refractivity contribution < 1.29 is 9.53 Å². The van der Waals surface area contributed by atoms with Crippen LogP contribution in [0.3, 0.4) is 0 Å². The van der Waals surface area contributed by atoms with Crippen LogP contribution in [0.4, 0.5) is 0 Å². The molecule has 1 heterocycles. The third kappa shape index (κ3) is 5.93. The van der Waals surface area contributed by atoms with Crippen molar-refractivity contribution in [3.05, 3.63) is 94.8 Å². The van der Waals surface area contributed by atoms with Crippen LogP contribution in [0.1, 0.15) is 41.0 Å². The molecule has 4 rings (SSSR count). The summed E-state index contributed by atoms with van der Waals surface area (Å²) in [5.74, 6) is 1.78. The number of halogens is 1. The molecule has 6 heteroatoms. The summed E-state index contributed by atoms with van der Waals surface area (Å²) < 4.78 is 7.43. The molecule has 0 atom stereocenters. The molecule has 0 saturated heterocycles. The van der Waals surface area contributed by atoms with Gasteiger partial charge >= 0.3 is 0 Å². The highest BCUT2D eigenvalue weighted by Crippen LogP contribution is 2.20. The molecule has 0 unspecified atom stereocenters. The third-order valence-corrected chi connectivity index (χ3v) is 5.95. The molecule has 3 aromatic carbocycles. The maximum absolute atomic E-state index is 12.3. The largest absolute Gasteiger partial charge is 0.497 e. The first-order chi connectivity index (χ1) is 16.1. The van der Waals surface area contributed by atoms with E-state index in [2.05, 4.69) is 40.2 Å². The molecular weight excluding hydrogens is 434 g/mol. The van der Waals surface area contributed by atoms with Crippen molar-refractivity contribution in [3.8, 4) is 5.75 Å². The zero-order chi connectivity index (χ0) is 23.0. The second-order valence-electron chi connectivity index (χ2n) is 8.02. The Hall–Kier alpha value is -3.31. The topological polar surface area (TPSA) is 56.1 Å². The summed E-state index contributed by atoms with van der Waals surface area (Å²) in [6.45, 7) is 1.43. The standard InChI is InChI=1S/C27H28ClN3O2/c1-33-23-16-12-21(13-17-23)27(32)29-18-6-2-3-9-26-30-24-7-4-5-8-25(24)31(26)19-20-10-14-22(28)15-11-20/h4-5,7-8,10-17H,2-3,6,9,18-19H2,1H3,(H,29,32). The predicted octanol–water partition coefficient (Wildman–Crippen LogP) is 5.89. The van der Waals surface area contributed by atoms with E-state index >= 15 is 0 Å². The number of hydrogen-bond donors (Lipinski definition) is 1. The molecule has 0 aliphatic carbocycles. The number of methoxy groups -OCH3 is 1. The number of nitrogens with one attached hydrogen (secondary N) is 1. The maximum Gasteiger partial charge on any atom is 0.251 e. The highest BCUT2D eigenvalue weighted by atomic mass is 35.5. The average molecular weight is 462 g/mol. The number of amides is 1. The zero-order valence-electron chi connectivity index (χ0n) is 18.8. The third-order valence-electron chi connectivity index (χ3n) is 5.70. The lowest BCUT2D eigenvalue weighted by atomic mass is 10.1. The lowest BCUT2D eigenvalue weighted by molar-refractivity contribution is 0.0953. The van der Waals surface area contributed by atoms with Crippen LogP contribution in [-0.2, 0) is 13.0 Å². The molecule has 0 aliphatic heterocycles. The number of fused-ring (bicyclic) bond motifs is 1. The molecular formula is C27H28ClN3O2. The number of aryl methyl sites for hydroxylation is 1. The Morgan fingerprint density at radius 2 is 1.73 bits per heavy atom. The quantitative estimate of drug-likeness (QED) is 0.299. The highest BCUT2D eigenvalue weighted by Gasteiger charge is 2.11. The first-order valence-electron chi connectivity index (χ1n) is 11.2. The van der Waals surface area contributed by atoms with Crippen molar-refractivity contribution in [2.24, 2.45) is 0 Å². The summed E-state index contributed by atoms with van der Waals surface area (Å²) in [6, 6.07) is 23.4. The van der Waals surface area contributed by atoms with E-state index in [-0.39, 0.29) is 5.91 Å². The number of carbonyl (C=O) groups excluding carboxylic acids is 1. The second-order valence-corrected chi connectivity index (χ2v) is 8.46. The van der Waals surface area contributed by atoms with Crippen molar-refractivity contribution in [2.75, 3.05) is 13.7 Å². The van der Waals surface area contributed by atoms with E-state index in [1.807, 2.05) is 18.2 Å². The summed E-state index contributed by atoms with van der Waals surface area (Å²) in [5.41, 5.74) is 4.01. The molecule has 0 spiro atoms. The van der Waals surface area contributed by atoms with Gasteiger partial charge in [-0.2, -0.15) is 0 Å². The predicted molar refractivity (Wildman–Crippen MR) is 133 cm³/mol. The van der Waals surface area contributed by atoms with E-state index in [4.69, 9.17) is 21.3 Å². The van der Waals surface area contributed by atoms with Crippen molar-refractivity contribution in [3.63, 3.8) is 0 Å². The Bertz CT molecular complexity index is 1200. The number of hydrogen-bond acceptors (Lipinski definition) is 3. The minimum atomic E-state index is -0.0533. The van der Waals surface area contributed by atoms with E-state index in [1.54, 1.807) is 31.4 Å². The van der Waals surface area contributed by atoms with E-state index in [9.17, 15) is 4.79 Å². The number of nitrogens with zero attached hydrogens (tertiary/aromatic N) is 2. The van der Waals surface area contributed by atoms with E-state index in [0.717, 1.165) is 59.9 Å². The van der Waals surface area contributed by atoms with Gasteiger partial charge in [0.2, 0.25) is 0 Å². The molecule has 0 fully saturated rings. The van der Waals surface area contributed by atoms with E-state index in [1.165, 1.54) is 5.56 Å². The van der Waals surface area contributed by atoms with Crippen LogP contribution in [0.25, 0.3) is 11.0 Å². The van der Waals surface area contributed by atoms with Crippen molar-refractivity contribution in [1.82, 2.24) is 14.9 Å². The molecule has 170 valence electrons. The molecule has 5 nitrogen and oxygen atoms in total. The van der Waals surface area contributed by atoms with Gasteiger partial charge in [0.25, 0.3) is 5.91 Å². The van der Waals surface area contributed by atoms with Gasteiger partial charge in [-0.05, 0) is 66.9 Å². The SMILES string of the molecule is COc1ccc(C(=O)NCCCCCc2nc3ccccc3n2Cc2ccc(Cl)cc2)cc1. The minimum absolute atomic E-state index is 0.0533. The summed E-state index contributed by atoms with van der Waals surface area (Å²) in [4.78, 5) is 17.1. The van der Waals surface area contributed by atoms with E-state index < -0.39 is 0 Å². The highest BCUT2D eigenvalue weighted by molar-refractivity contribution is 6.30. The molecule has 1 N–H and O–H groups in total. The molecule has 0 radical (unpaired) electrons. The van der Waals surface area contributed by atoms with Gasteiger partial charge in [0, 0.05) is 30.1 Å². The number of carbonyl (C=O) groups is 1. The van der Waals surface area contributed by atoms with Crippen molar-refractivity contribution >= 4 is 28.5 Å². The number of aromatic nitrogens is 2. The lowest BCUT2D eigenvalue weighted by Crippen LogP contribution is -2.24. The summed E-state index contributed by atoms with van der Waals surface area (Å²) in [5, 5.41) is 3.74. The normalized spacial score (nSPS) is 11.0. The number of benzene rings is 3. The summed E-state index contributed by atoms with van der Waals surface area (Å²) >= 11 is 6.05. The van der Waals surface area contributed by atoms with Gasteiger partial charge in [-0.3, -0.25) is 4.79 Å². The Balaban J connectivity index is 1.30. The van der Waals surface area contributed by atoms with Crippen LogP contribution in [0.15, 0.2) is 72.8 Å². The number of para-hydroxylation sites is 2. The van der Waals surface area contributed by atoms with Gasteiger partial charge < -0.3 is 14.6 Å². The van der Waals surface area contributed by atoms with Crippen molar-refractivity contribution in [2.45, 2.75) is 32.2 Å². The molecule has 1 amide bonds. The van der Waals surface area contributed by atoms with Gasteiger partial charge in [-0.25, -0.2) is 4.98 Å². The molecule has 0 aliphatic rings. The van der Waals surface area contributed by atoms with Crippen LogP contribution in [0, 0.1) is 0 Å². The Morgan fingerprint density at radius 3 is 2.48 bits per heavy atom. The van der Waals surface area contributed by atoms with Gasteiger partial charge in [-0.1, -0.05) is 42.3 Å². The number of unbranched alkanes of at least 4 members (excludes halogenated alkanes) is 2. The van der Waals surface area contributed by atoms with Gasteiger partial charge in [0.1, 0.15) is 11.6 Å². The first-order valence-corrected chi connectivity index (χ1v) is 11.6. The Labute approximate surface area is 199 Å². The summed E-state index contributed by atoms with van der Waals surface area (Å²) in [6.07, 6.45) is 3.86. The van der Waals surface area contributed by atoms with Crippen LogP contribution in [0.5, 0.6) is 5.75 Å². The zero-order valence-corrected chi connectivity index (χ0v) is 19.5. The van der Waals surface area contributed by atoms with E-state index in [0.29, 0.717) is 12.1 Å². The van der Waals surface area contributed by atoms with Gasteiger partial charge in [-0.15, -0.1) is 0 Å². The van der Waals surface area contributed by atoms with Crippen LogP contribution < -0.4 is 10.1 Å². The fourth-order valence-corrected chi connectivity index (χ4v) is 4.02. The number of ether oxygens (including phenoxy) is 1. The Kier molecular flexibility index (Phi) is 7.63. The fourth-order valence-electron chi connectivity index (χ4n) is 3.90. The molecule has 1 aromatic heterocycles. The number of imidazole rings is 1. The van der Waals surface area contributed by atoms with Gasteiger partial charge in [0.15, 0.2) is 0 Å². The minimum Gasteiger partial charge on any atom is -0.497 e. The second kappa shape index (κ2) is 11.0. The first kappa shape index (κ1) is 22.9. The van der Waals surface area contributed by atoms with Crippen molar-refractivity contribution in [1.29, 1.82) is 0 Å². The maximum atomic E-state index is 12.3. The van der Waals surface area contributed by atoms with Crippen LogP contribution >= 0.6 is 11.6 Å². The molecule has 0 bridgehead atoms. The smallest absolute Gasteiger partial charge is 0.251 e. The monoisotopic (exact) mass is 461 g/mol. The molecule has 4 aromatic rings. The van der Waals surface area contributed by atoms with Crippen LogP contribution in [-0.4, -0.2) is 29.1 Å².